The number of hydrogen-bond donors (Lipinski definition) is 1. The third-order valence-corrected chi connectivity index (χ3v) is 1.52. The number of hydrogen-bond acceptors (Lipinski definition) is 1. The molecule has 0 aromatic rings. The molecular weight excluding hydrogens is 126 g/mol. The van der Waals surface area contributed by atoms with E-state index in [0.717, 1.165) is 18.4 Å². The van der Waals surface area contributed by atoms with Gasteiger partial charge in [-0.15, -0.1) is 0 Å². The number of amides is 1. The highest BCUT2D eigenvalue weighted by Crippen LogP contribution is 2.17. The van der Waals surface area contributed by atoms with E-state index >= 15 is 0 Å². The standard InChI is InChI=1S/C8H13NO.H2/c1-6(2)9-8(10)7-4-3-5-7;/h4,6H,3,5H2,1-2H3,(H,9,10);1H. The molecule has 0 fully saturated rings. The fourth-order valence-corrected chi connectivity index (χ4v) is 0.850. The average Bonchev–Trinajstić information content (AvgIpc) is 1.55. The van der Waals surface area contributed by atoms with Gasteiger partial charge in [0.15, 0.2) is 0 Å². The molecule has 0 radical (unpaired) electrons. The van der Waals surface area contributed by atoms with E-state index in [2.05, 4.69) is 5.32 Å². The zero-order chi connectivity index (χ0) is 7.56. The molecule has 2 nitrogen and oxygen atoms in total. The highest BCUT2D eigenvalue weighted by Gasteiger charge is 2.14. The van der Waals surface area contributed by atoms with E-state index in [1.54, 1.807) is 0 Å². The first-order valence-corrected chi connectivity index (χ1v) is 3.70. The minimum Gasteiger partial charge on any atom is -0.350 e. The summed E-state index contributed by atoms with van der Waals surface area (Å²) in [5.41, 5.74) is 0.953. The van der Waals surface area contributed by atoms with Gasteiger partial charge in [-0.1, -0.05) is 6.08 Å². The van der Waals surface area contributed by atoms with Crippen molar-refractivity contribution in [3.05, 3.63) is 11.6 Å². The van der Waals surface area contributed by atoms with E-state index in [0.29, 0.717) is 0 Å². The molecule has 0 aliphatic heterocycles. The van der Waals surface area contributed by atoms with Crippen LogP contribution in [0.5, 0.6) is 0 Å². The Labute approximate surface area is 62.8 Å². The van der Waals surface area contributed by atoms with Crippen molar-refractivity contribution >= 4 is 5.91 Å². The molecule has 0 saturated carbocycles. The van der Waals surface area contributed by atoms with Gasteiger partial charge in [-0.05, 0) is 26.7 Å². The Bertz CT molecular complexity index is 175. The van der Waals surface area contributed by atoms with Crippen LogP contribution in [0.2, 0.25) is 0 Å². The third-order valence-electron chi connectivity index (χ3n) is 1.52. The molecular formula is C8H15NO. The maximum absolute atomic E-state index is 11.1. The van der Waals surface area contributed by atoms with Crippen LogP contribution in [0.3, 0.4) is 0 Å². The van der Waals surface area contributed by atoms with E-state index in [9.17, 15) is 4.79 Å². The first-order valence-electron chi connectivity index (χ1n) is 3.70. The minimum atomic E-state index is 0. The van der Waals surface area contributed by atoms with Gasteiger partial charge in [0.25, 0.3) is 0 Å². The van der Waals surface area contributed by atoms with Crippen LogP contribution in [0.1, 0.15) is 28.1 Å². The lowest BCUT2D eigenvalue weighted by Crippen LogP contribution is -2.32. The Balaban J connectivity index is 0.000001000. The second-order valence-electron chi connectivity index (χ2n) is 2.90. The van der Waals surface area contributed by atoms with Gasteiger partial charge in [0, 0.05) is 13.0 Å². The van der Waals surface area contributed by atoms with E-state index < -0.39 is 0 Å². The Morgan fingerprint density at radius 3 is 2.70 bits per heavy atom. The van der Waals surface area contributed by atoms with Gasteiger partial charge >= 0.3 is 0 Å². The number of carbonyl (C=O) groups is 1. The van der Waals surface area contributed by atoms with E-state index in [-0.39, 0.29) is 13.4 Å². The molecule has 0 heterocycles. The molecule has 1 aliphatic rings. The van der Waals surface area contributed by atoms with Crippen LogP contribution in [0.4, 0.5) is 0 Å². The summed E-state index contributed by atoms with van der Waals surface area (Å²) in [4.78, 5) is 11.1. The molecule has 0 aromatic heterocycles. The van der Waals surface area contributed by atoms with Crippen LogP contribution in [0, 0.1) is 0 Å². The number of allylic oxidation sites excluding steroid dienone is 1. The van der Waals surface area contributed by atoms with Crippen LogP contribution >= 0.6 is 0 Å². The fraction of sp³-hybridized carbons (Fsp3) is 0.625. The summed E-state index contributed by atoms with van der Waals surface area (Å²) in [6.45, 7) is 3.94. The summed E-state index contributed by atoms with van der Waals surface area (Å²) in [6, 6.07) is 0.258. The first-order chi connectivity index (χ1) is 4.70. The number of nitrogens with one attached hydrogen (secondary N) is 1. The molecule has 58 valence electrons. The third kappa shape index (κ3) is 1.59. The van der Waals surface area contributed by atoms with Crippen molar-refractivity contribution < 1.29 is 6.22 Å². The maximum atomic E-state index is 11.1. The normalized spacial score (nSPS) is 16.1. The van der Waals surface area contributed by atoms with Crippen molar-refractivity contribution in [2.24, 2.45) is 0 Å². The number of rotatable bonds is 2. The molecule has 1 amide bonds. The molecule has 10 heavy (non-hydrogen) atoms. The molecule has 1 N–H and O–H groups in total. The molecule has 1 rings (SSSR count). The summed E-state index contributed by atoms with van der Waals surface area (Å²) >= 11 is 0. The van der Waals surface area contributed by atoms with Gasteiger partial charge < -0.3 is 5.32 Å². The van der Waals surface area contributed by atoms with Gasteiger partial charge in [0.2, 0.25) is 5.91 Å². The second-order valence-corrected chi connectivity index (χ2v) is 2.90. The molecule has 0 bridgehead atoms. The Hall–Kier alpha value is -0.790. The predicted molar refractivity (Wildman–Crippen MR) is 42.7 cm³/mol. The van der Waals surface area contributed by atoms with Gasteiger partial charge in [-0.25, -0.2) is 0 Å². The molecule has 2 heteroatoms. The monoisotopic (exact) mass is 141 g/mol. The molecule has 0 unspecified atom stereocenters. The SMILES string of the molecule is CC(C)NC(=O)C1=CCC1.[HH]. The number of carbonyl (C=O) groups excluding carboxylic acids is 1. The van der Waals surface area contributed by atoms with Crippen LogP contribution in [-0.4, -0.2) is 11.9 Å². The van der Waals surface area contributed by atoms with Gasteiger partial charge in [-0.3, -0.25) is 4.79 Å². The second kappa shape index (κ2) is 2.86. The lowest BCUT2D eigenvalue weighted by Gasteiger charge is -2.15. The Morgan fingerprint density at radius 1 is 1.80 bits per heavy atom. The van der Waals surface area contributed by atoms with Gasteiger partial charge in [-0.2, -0.15) is 0 Å². The van der Waals surface area contributed by atoms with E-state index in [4.69, 9.17) is 0 Å². The largest absolute Gasteiger partial charge is 0.350 e. The summed E-state index contributed by atoms with van der Waals surface area (Å²) in [6.07, 6.45) is 4.01. The summed E-state index contributed by atoms with van der Waals surface area (Å²) in [5.74, 6) is 0.112. The van der Waals surface area contributed by atoms with Crippen molar-refractivity contribution in [3.8, 4) is 0 Å². The average molecular weight is 141 g/mol. The van der Waals surface area contributed by atoms with E-state index in [1.165, 1.54) is 0 Å². The maximum Gasteiger partial charge on any atom is 0.247 e. The Morgan fingerprint density at radius 2 is 2.40 bits per heavy atom. The van der Waals surface area contributed by atoms with Crippen molar-refractivity contribution in [2.45, 2.75) is 32.7 Å². The highest BCUT2D eigenvalue weighted by atomic mass is 16.1. The molecule has 0 atom stereocenters. The van der Waals surface area contributed by atoms with Gasteiger partial charge in [0.1, 0.15) is 0 Å². The summed E-state index contributed by atoms with van der Waals surface area (Å²) in [7, 11) is 0. The molecule has 0 saturated heterocycles. The highest BCUT2D eigenvalue weighted by molar-refractivity contribution is 5.94. The van der Waals surface area contributed by atoms with Crippen molar-refractivity contribution in [2.75, 3.05) is 0 Å². The Kier molecular flexibility index (Phi) is 2.10. The predicted octanol–water partition coefficient (Wildman–Crippen LogP) is 1.48. The van der Waals surface area contributed by atoms with Crippen LogP contribution < -0.4 is 5.32 Å². The molecule has 0 spiro atoms. The van der Waals surface area contributed by atoms with Gasteiger partial charge in [0.05, 0.1) is 0 Å². The van der Waals surface area contributed by atoms with Crippen LogP contribution in [-0.2, 0) is 4.79 Å². The molecule has 1 aliphatic carbocycles. The van der Waals surface area contributed by atoms with E-state index in [1.807, 2.05) is 19.9 Å². The lowest BCUT2D eigenvalue weighted by molar-refractivity contribution is -0.118. The first kappa shape index (κ1) is 7.32. The molecule has 0 aromatic carbocycles. The smallest absolute Gasteiger partial charge is 0.247 e. The fourth-order valence-electron chi connectivity index (χ4n) is 0.850. The lowest BCUT2D eigenvalue weighted by atomic mass is 9.98. The van der Waals surface area contributed by atoms with Crippen molar-refractivity contribution in [1.82, 2.24) is 5.32 Å². The van der Waals surface area contributed by atoms with Crippen LogP contribution in [0.25, 0.3) is 0 Å². The summed E-state index contributed by atoms with van der Waals surface area (Å²) in [5, 5.41) is 2.84. The van der Waals surface area contributed by atoms with Crippen LogP contribution in [0.15, 0.2) is 11.6 Å². The minimum absolute atomic E-state index is 0. The topological polar surface area (TPSA) is 29.1 Å². The zero-order valence-corrected chi connectivity index (χ0v) is 6.48. The quantitative estimate of drug-likeness (QED) is 0.620. The van der Waals surface area contributed by atoms with Crippen molar-refractivity contribution in [1.29, 1.82) is 0 Å². The summed E-state index contributed by atoms with van der Waals surface area (Å²) < 4.78 is 0. The zero-order valence-electron chi connectivity index (χ0n) is 6.48. The van der Waals surface area contributed by atoms with Crippen molar-refractivity contribution in [3.63, 3.8) is 0 Å².